The standard InChI is InChI=1S/C13H20N2O/c1-3-10-13(11-6-4-5-8-14-11)12(16-2)7-9-15-10/h7,9,11,14H,3-6,8H2,1-2H3. The van der Waals surface area contributed by atoms with Crippen molar-refractivity contribution in [2.24, 2.45) is 0 Å². The van der Waals surface area contributed by atoms with Gasteiger partial charge in [-0.15, -0.1) is 0 Å². The molecule has 2 heterocycles. The number of aryl methyl sites for hydroxylation is 1. The van der Waals surface area contributed by atoms with E-state index in [1.807, 2.05) is 12.3 Å². The number of methoxy groups -OCH3 is 1. The summed E-state index contributed by atoms with van der Waals surface area (Å²) in [6.45, 7) is 3.25. The van der Waals surface area contributed by atoms with E-state index >= 15 is 0 Å². The second-order valence-corrected chi connectivity index (χ2v) is 4.23. The maximum absolute atomic E-state index is 5.46. The molecule has 1 aromatic heterocycles. The van der Waals surface area contributed by atoms with Crippen LogP contribution in [0.25, 0.3) is 0 Å². The third kappa shape index (κ3) is 2.19. The zero-order chi connectivity index (χ0) is 11.4. The Morgan fingerprint density at radius 1 is 1.50 bits per heavy atom. The molecule has 0 radical (unpaired) electrons. The van der Waals surface area contributed by atoms with Crippen molar-refractivity contribution < 1.29 is 4.74 Å². The first-order valence-corrected chi connectivity index (χ1v) is 6.12. The predicted octanol–water partition coefficient (Wildman–Crippen LogP) is 2.47. The quantitative estimate of drug-likeness (QED) is 0.849. The van der Waals surface area contributed by atoms with E-state index in [0.29, 0.717) is 6.04 Å². The van der Waals surface area contributed by atoms with Crippen molar-refractivity contribution in [2.75, 3.05) is 13.7 Å². The van der Waals surface area contributed by atoms with Crippen LogP contribution in [0.5, 0.6) is 5.75 Å². The SMILES string of the molecule is CCc1nccc(OC)c1C1CCCCN1. The van der Waals surface area contributed by atoms with Gasteiger partial charge in [0.2, 0.25) is 0 Å². The molecule has 0 aliphatic carbocycles. The topological polar surface area (TPSA) is 34.1 Å². The molecule has 88 valence electrons. The van der Waals surface area contributed by atoms with Crippen LogP contribution in [0.1, 0.15) is 43.5 Å². The molecule has 1 unspecified atom stereocenters. The highest BCUT2D eigenvalue weighted by atomic mass is 16.5. The van der Waals surface area contributed by atoms with Gasteiger partial charge < -0.3 is 10.1 Å². The number of nitrogens with one attached hydrogen (secondary N) is 1. The van der Waals surface area contributed by atoms with Crippen molar-refractivity contribution in [1.82, 2.24) is 10.3 Å². The minimum Gasteiger partial charge on any atom is -0.496 e. The van der Waals surface area contributed by atoms with Crippen molar-refractivity contribution in [2.45, 2.75) is 38.6 Å². The van der Waals surface area contributed by atoms with Gasteiger partial charge in [0.05, 0.1) is 7.11 Å². The lowest BCUT2D eigenvalue weighted by atomic mass is 9.95. The van der Waals surface area contributed by atoms with E-state index in [9.17, 15) is 0 Å². The van der Waals surface area contributed by atoms with Crippen molar-refractivity contribution in [3.8, 4) is 5.75 Å². The summed E-state index contributed by atoms with van der Waals surface area (Å²) in [7, 11) is 1.74. The molecule has 1 atom stereocenters. The van der Waals surface area contributed by atoms with Crippen LogP contribution in [-0.4, -0.2) is 18.6 Å². The molecule has 0 spiro atoms. The van der Waals surface area contributed by atoms with Gasteiger partial charge in [0.1, 0.15) is 5.75 Å². The Labute approximate surface area is 97.2 Å². The molecule has 1 aliphatic rings. The minimum absolute atomic E-state index is 0.423. The second-order valence-electron chi connectivity index (χ2n) is 4.23. The Balaban J connectivity index is 2.34. The number of nitrogens with zero attached hydrogens (tertiary/aromatic N) is 1. The number of hydrogen-bond donors (Lipinski definition) is 1. The fraction of sp³-hybridized carbons (Fsp3) is 0.615. The average Bonchev–Trinajstić information content (AvgIpc) is 2.38. The molecular formula is C13H20N2O. The van der Waals surface area contributed by atoms with Crippen LogP contribution in [0.3, 0.4) is 0 Å². The number of piperidine rings is 1. The molecule has 1 aromatic rings. The summed E-state index contributed by atoms with van der Waals surface area (Å²) in [5.74, 6) is 0.978. The maximum Gasteiger partial charge on any atom is 0.126 e. The van der Waals surface area contributed by atoms with Gasteiger partial charge >= 0.3 is 0 Å². The summed E-state index contributed by atoms with van der Waals surface area (Å²) in [6.07, 6.45) is 6.56. The highest BCUT2D eigenvalue weighted by Gasteiger charge is 2.21. The number of pyridine rings is 1. The highest BCUT2D eigenvalue weighted by Crippen LogP contribution is 2.32. The van der Waals surface area contributed by atoms with Crippen molar-refractivity contribution in [1.29, 1.82) is 0 Å². The fourth-order valence-electron chi connectivity index (χ4n) is 2.43. The molecule has 3 nitrogen and oxygen atoms in total. The van der Waals surface area contributed by atoms with Crippen LogP contribution < -0.4 is 10.1 Å². The Kier molecular flexibility index (Phi) is 3.78. The molecule has 1 fully saturated rings. The molecule has 0 aromatic carbocycles. The number of ether oxygens (including phenoxy) is 1. The van der Waals surface area contributed by atoms with Gasteiger partial charge in [0.25, 0.3) is 0 Å². The lowest BCUT2D eigenvalue weighted by molar-refractivity contribution is 0.370. The molecule has 0 amide bonds. The molecule has 3 heteroatoms. The second kappa shape index (κ2) is 5.30. The van der Waals surface area contributed by atoms with Crippen LogP contribution in [0, 0.1) is 0 Å². The molecular weight excluding hydrogens is 200 g/mol. The molecule has 1 aliphatic heterocycles. The van der Waals surface area contributed by atoms with E-state index in [0.717, 1.165) is 18.7 Å². The first-order chi connectivity index (χ1) is 7.86. The Bertz CT molecular complexity index is 324. The van der Waals surface area contributed by atoms with E-state index in [-0.39, 0.29) is 0 Å². The van der Waals surface area contributed by atoms with E-state index in [2.05, 4.69) is 17.2 Å². The molecule has 1 saturated heterocycles. The first-order valence-electron chi connectivity index (χ1n) is 6.12. The molecule has 0 saturated carbocycles. The van der Waals surface area contributed by atoms with Crippen molar-refractivity contribution >= 4 is 0 Å². The monoisotopic (exact) mass is 220 g/mol. The third-order valence-corrected chi connectivity index (χ3v) is 3.25. The minimum atomic E-state index is 0.423. The van der Waals surface area contributed by atoms with Crippen LogP contribution >= 0.6 is 0 Å². The molecule has 0 bridgehead atoms. The number of aromatic nitrogens is 1. The predicted molar refractivity (Wildman–Crippen MR) is 64.8 cm³/mol. The van der Waals surface area contributed by atoms with Gasteiger partial charge in [-0.2, -0.15) is 0 Å². The van der Waals surface area contributed by atoms with E-state index in [1.165, 1.54) is 30.5 Å². The molecule has 16 heavy (non-hydrogen) atoms. The van der Waals surface area contributed by atoms with Gasteiger partial charge in [0, 0.05) is 23.5 Å². The fourth-order valence-corrected chi connectivity index (χ4v) is 2.43. The summed E-state index contributed by atoms with van der Waals surface area (Å²) in [5.41, 5.74) is 2.44. The number of hydrogen-bond acceptors (Lipinski definition) is 3. The van der Waals surface area contributed by atoms with Crippen molar-refractivity contribution in [3.63, 3.8) is 0 Å². The Hall–Kier alpha value is -1.09. The lowest BCUT2D eigenvalue weighted by Gasteiger charge is -2.26. The van der Waals surface area contributed by atoms with E-state index in [4.69, 9.17) is 4.74 Å². The first kappa shape index (κ1) is 11.4. The summed E-state index contributed by atoms with van der Waals surface area (Å²) < 4.78 is 5.46. The zero-order valence-electron chi connectivity index (χ0n) is 10.1. The Morgan fingerprint density at radius 3 is 3.00 bits per heavy atom. The van der Waals surface area contributed by atoms with Crippen LogP contribution in [0.4, 0.5) is 0 Å². The van der Waals surface area contributed by atoms with Crippen molar-refractivity contribution in [3.05, 3.63) is 23.5 Å². The summed E-state index contributed by atoms with van der Waals surface area (Å²) in [4.78, 5) is 4.46. The Morgan fingerprint density at radius 2 is 2.38 bits per heavy atom. The normalized spacial score (nSPS) is 20.8. The van der Waals surface area contributed by atoms with E-state index < -0.39 is 0 Å². The summed E-state index contributed by atoms with van der Waals surface area (Å²) in [6, 6.07) is 2.39. The van der Waals surface area contributed by atoms with Gasteiger partial charge in [-0.1, -0.05) is 13.3 Å². The van der Waals surface area contributed by atoms with Gasteiger partial charge in [0.15, 0.2) is 0 Å². The molecule has 2 rings (SSSR count). The summed E-state index contributed by atoms with van der Waals surface area (Å²) >= 11 is 0. The van der Waals surface area contributed by atoms with Crippen LogP contribution in [-0.2, 0) is 6.42 Å². The largest absolute Gasteiger partial charge is 0.496 e. The van der Waals surface area contributed by atoms with Crippen LogP contribution in [0.2, 0.25) is 0 Å². The average molecular weight is 220 g/mol. The zero-order valence-corrected chi connectivity index (χ0v) is 10.1. The van der Waals surface area contributed by atoms with Gasteiger partial charge in [-0.05, 0) is 31.9 Å². The highest BCUT2D eigenvalue weighted by molar-refractivity contribution is 5.38. The maximum atomic E-state index is 5.46. The van der Waals surface area contributed by atoms with E-state index in [1.54, 1.807) is 7.11 Å². The summed E-state index contributed by atoms with van der Waals surface area (Å²) in [5, 5.41) is 3.56. The van der Waals surface area contributed by atoms with Gasteiger partial charge in [-0.25, -0.2) is 0 Å². The molecule has 1 N–H and O–H groups in total. The number of rotatable bonds is 3. The smallest absolute Gasteiger partial charge is 0.126 e. The van der Waals surface area contributed by atoms with Crippen LogP contribution in [0.15, 0.2) is 12.3 Å². The third-order valence-electron chi connectivity index (χ3n) is 3.25. The van der Waals surface area contributed by atoms with Gasteiger partial charge in [-0.3, -0.25) is 4.98 Å². The lowest BCUT2D eigenvalue weighted by Crippen LogP contribution is -2.28.